The number of carbonyl (C=O) groups is 3. The van der Waals surface area contributed by atoms with Crippen molar-refractivity contribution >= 4 is 29.2 Å². The average Bonchev–Trinajstić information content (AvgIpc) is 3.55. The summed E-state index contributed by atoms with van der Waals surface area (Å²) in [4.78, 5) is 42.6. The Morgan fingerprint density at radius 1 is 1.12 bits per heavy atom. The summed E-state index contributed by atoms with van der Waals surface area (Å²) in [5, 5.41) is 22.7. The van der Waals surface area contributed by atoms with Crippen LogP contribution >= 0.6 is 11.3 Å². The predicted octanol–water partition coefficient (Wildman–Crippen LogP) is 2.50. The largest absolute Gasteiger partial charge is 0.490 e. The van der Waals surface area contributed by atoms with Crippen LogP contribution in [0.1, 0.15) is 18.7 Å². The highest BCUT2D eigenvalue weighted by Gasteiger charge is 2.48. The summed E-state index contributed by atoms with van der Waals surface area (Å²) in [6, 6.07) is 3.87. The number of amides is 1. The molecule has 10 nitrogen and oxygen atoms in total. The van der Waals surface area contributed by atoms with Gasteiger partial charge in [-0.05, 0) is 24.3 Å². The number of thiophene rings is 1. The SMILES string of the molecule is O=C(O)C(F)(F)F.O=C(O)C1(C(=O)N2CCN(Cc3noc(-c4cccs4)n3)CC2)CC=CC1. The third-order valence-electron chi connectivity index (χ3n) is 5.39. The Morgan fingerprint density at radius 3 is 2.24 bits per heavy atom. The lowest BCUT2D eigenvalue weighted by Crippen LogP contribution is -2.54. The highest BCUT2D eigenvalue weighted by atomic mass is 32.1. The summed E-state index contributed by atoms with van der Waals surface area (Å²) in [5.41, 5.74) is -1.31. The first-order valence-corrected chi connectivity index (χ1v) is 11.0. The van der Waals surface area contributed by atoms with Gasteiger partial charge in [-0.3, -0.25) is 14.5 Å². The number of aliphatic carboxylic acids is 2. The summed E-state index contributed by atoms with van der Waals surface area (Å²) in [6.45, 7) is 2.85. The number of hydrogen-bond acceptors (Lipinski definition) is 8. The smallest absolute Gasteiger partial charge is 0.480 e. The number of piperazine rings is 1. The number of carboxylic acids is 2. The molecule has 3 heterocycles. The second-order valence-corrected chi connectivity index (χ2v) is 8.58. The van der Waals surface area contributed by atoms with Crippen molar-refractivity contribution in [2.45, 2.75) is 25.6 Å². The van der Waals surface area contributed by atoms with Gasteiger partial charge in [0, 0.05) is 26.2 Å². The van der Waals surface area contributed by atoms with Gasteiger partial charge in [-0.15, -0.1) is 11.3 Å². The van der Waals surface area contributed by atoms with Crippen LogP contribution in [0.2, 0.25) is 0 Å². The van der Waals surface area contributed by atoms with Gasteiger partial charge in [-0.1, -0.05) is 23.4 Å². The Hall–Kier alpha value is -3.26. The van der Waals surface area contributed by atoms with Crippen molar-refractivity contribution in [3.63, 3.8) is 0 Å². The maximum atomic E-state index is 12.8. The quantitative estimate of drug-likeness (QED) is 0.467. The Bertz CT molecular complexity index is 1040. The van der Waals surface area contributed by atoms with Gasteiger partial charge in [-0.25, -0.2) is 4.79 Å². The van der Waals surface area contributed by atoms with Crippen LogP contribution in [0.4, 0.5) is 13.2 Å². The number of nitrogens with zero attached hydrogens (tertiary/aromatic N) is 4. The van der Waals surface area contributed by atoms with E-state index in [9.17, 15) is 27.9 Å². The number of hydrogen-bond donors (Lipinski definition) is 2. The molecule has 0 saturated carbocycles. The zero-order chi connectivity index (χ0) is 24.9. The van der Waals surface area contributed by atoms with E-state index in [1.165, 1.54) is 0 Å². The third kappa shape index (κ3) is 5.80. The van der Waals surface area contributed by atoms with Crippen LogP contribution in [0.25, 0.3) is 10.8 Å². The molecule has 2 aromatic rings. The van der Waals surface area contributed by atoms with Crippen molar-refractivity contribution in [3.8, 4) is 10.8 Å². The Balaban J connectivity index is 0.000000406. The molecule has 1 fully saturated rings. The molecule has 1 saturated heterocycles. The van der Waals surface area contributed by atoms with E-state index in [1.54, 1.807) is 28.4 Å². The van der Waals surface area contributed by atoms with Crippen LogP contribution in [0.15, 0.2) is 34.2 Å². The Kier molecular flexibility index (Phi) is 7.71. The maximum absolute atomic E-state index is 12.8. The zero-order valence-electron chi connectivity index (χ0n) is 17.7. The number of aromatic nitrogens is 2. The molecular weight excluding hydrogens is 481 g/mol. The second-order valence-electron chi connectivity index (χ2n) is 7.63. The van der Waals surface area contributed by atoms with E-state index >= 15 is 0 Å². The zero-order valence-corrected chi connectivity index (χ0v) is 18.5. The molecule has 0 spiro atoms. The highest BCUT2D eigenvalue weighted by molar-refractivity contribution is 7.13. The Labute approximate surface area is 195 Å². The molecule has 0 radical (unpaired) electrons. The standard InChI is InChI=1S/C18H20N4O4S.C2HF3O2/c23-16(18(17(24)25)5-1-2-6-18)22-9-7-21(8-10-22)12-14-19-15(26-20-14)13-4-3-11-27-13;3-2(4,5)1(6)7/h1-4,11H,5-10,12H2,(H,24,25);(H,6,7). The molecule has 34 heavy (non-hydrogen) atoms. The molecular formula is C20H21F3N4O6S. The number of rotatable bonds is 5. The number of halogens is 3. The molecule has 2 aromatic heterocycles. The van der Waals surface area contributed by atoms with Crippen LogP contribution in [0, 0.1) is 5.41 Å². The second kappa shape index (κ2) is 10.3. The van der Waals surface area contributed by atoms with Gasteiger partial charge in [0.2, 0.25) is 5.91 Å². The number of carboxylic acid groups (broad SMARTS) is 2. The summed E-state index contributed by atoms with van der Waals surface area (Å²) in [5.74, 6) is -2.94. The fourth-order valence-corrected chi connectivity index (χ4v) is 4.17. The molecule has 0 unspecified atom stereocenters. The van der Waals surface area contributed by atoms with E-state index in [2.05, 4.69) is 15.0 Å². The predicted molar refractivity (Wildman–Crippen MR) is 112 cm³/mol. The van der Waals surface area contributed by atoms with Crippen LogP contribution in [0.5, 0.6) is 0 Å². The molecule has 14 heteroatoms. The van der Waals surface area contributed by atoms with Crippen LogP contribution in [-0.2, 0) is 20.9 Å². The molecule has 184 valence electrons. The van der Waals surface area contributed by atoms with Gasteiger partial charge < -0.3 is 19.6 Å². The van der Waals surface area contributed by atoms with Gasteiger partial charge in [0.15, 0.2) is 11.2 Å². The summed E-state index contributed by atoms with van der Waals surface area (Å²) < 4.78 is 37.0. The van der Waals surface area contributed by atoms with E-state index < -0.39 is 23.5 Å². The van der Waals surface area contributed by atoms with Crippen molar-refractivity contribution in [1.82, 2.24) is 19.9 Å². The Morgan fingerprint density at radius 2 is 1.74 bits per heavy atom. The van der Waals surface area contributed by atoms with E-state index in [4.69, 9.17) is 14.4 Å². The molecule has 0 bridgehead atoms. The van der Waals surface area contributed by atoms with Gasteiger partial charge in [0.05, 0.1) is 11.4 Å². The molecule has 1 aliphatic heterocycles. The fraction of sp³-hybridized carbons (Fsp3) is 0.450. The molecule has 1 aliphatic carbocycles. The van der Waals surface area contributed by atoms with Gasteiger partial charge >= 0.3 is 18.1 Å². The van der Waals surface area contributed by atoms with Crippen LogP contribution < -0.4 is 0 Å². The molecule has 1 amide bonds. The lowest BCUT2D eigenvalue weighted by Gasteiger charge is -2.37. The van der Waals surface area contributed by atoms with Gasteiger partial charge in [-0.2, -0.15) is 18.2 Å². The topological polar surface area (TPSA) is 137 Å². The lowest BCUT2D eigenvalue weighted by atomic mass is 9.83. The highest BCUT2D eigenvalue weighted by Crippen LogP contribution is 2.36. The minimum atomic E-state index is -5.08. The molecule has 0 aromatic carbocycles. The van der Waals surface area contributed by atoms with Crippen molar-refractivity contribution in [2.75, 3.05) is 26.2 Å². The lowest BCUT2D eigenvalue weighted by molar-refractivity contribution is -0.192. The first-order valence-electron chi connectivity index (χ1n) is 10.1. The number of carbonyl (C=O) groups excluding carboxylic acids is 1. The molecule has 0 atom stereocenters. The van der Waals surface area contributed by atoms with Crippen LogP contribution in [-0.4, -0.2) is 80.4 Å². The van der Waals surface area contributed by atoms with E-state index in [0.29, 0.717) is 44.4 Å². The van der Waals surface area contributed by atoms with Crippen molar-refractivity contribution < 1.29 is 42.3 Å². The fourth-order valence-electron chi connectivity index (χ4n) is 3.52. The molecule has 2 aliphatic rings. The van der Waals surface area contributed by atoms with Crippen molar-refractivity contribution in [2.24, 2.45) is 5.41 Å². The molecule has 2 N–H and O–H groups in total. The van der Waals surface area contributed by atoms with E-state index in [1.807, 2.05) is 17.5 Å². The van der Waals surface area contributed by atoms with Gasteiger partial charge in [0.1, 0.15) is 0 Å². The minimum absolute atomic E-state index is 0.274. The van der Waals surface area contributed by atoms with E-state index in [-0.39, 0.29) is 18.7 Å². The van der Waals surface area contributed by atoms with Gasteiger partial charge in [0.25, 0.3) is 5.89 Å². The first-order chi connectivity index (χ1) is 16.0. The van der Waals surface area contributed by atoms with Crippen molar-refractivity contribution in [1.29, 1.82) is 0 Å². The summed E-state index contributed by atoms with van der Waals surface area (Å²) >= 11 is 1.55. The summed E-state index contributed by atoms with van der Waals surface area (Å²) in [6.07, 6.45) is -0.973. The molecule has 4 rings (SSSR count). The minimum Gasteiger partial charge on any atom is -0.480 e. The maximum Gasteiger partial charge on any atom is 0.490 e. The number of alkyl halides is 3. The summed E-state index contributed by atoms with van der Waals surface area (Å²) in [7, 11) is 0. The monoisotopic (exact) mass is 502 g/mol. The number of allylic oxidation sites excluding steroid dienone is 2. The normalized spacial score (nSPS) is 17.8. The van der Waals surface area contributed by atoms with Crippen LogP contribution in [0.3, 0.4) is 0 Å². The third-order valence-corrected chi connectivity index (χ3v) is 6.24. The van der Waals surface area contributed by atoms with Crippen molar-refractivity contribution in [3.05, 3.63) is 35.5 Å². The average molecular weight is 502 g/mol. The van der Waals surface area contributed by atoms with E-state index in [0.717, 1.165) is 4.88 Å². The first kappa shape index (κ1) is 25.4.